The Kier molecular flexibility index (Phi) is 4.87. The van der Waals surface area contributed by atoms with Gasteiger partial charge in [0.15, 0.2) is 0 Å². The number of hydrogen-bond donors (Lipinski definition) is 1. The van der Waals surface area contributed by atoms with Gasteiger partial charge in [-0.3, -0.25) is 10.1 Å². The number of anilines is 1. The van der Waals surface area contributed by atoms with Gasteiger partial charge in [-0.05, 0) is 24.1 Å². The maximum atomic E-state index is 10.6. The highest BCUT2D eigenvalue weighted by Crippen LogP contribution is 2.32. The first kappa shape index (κ1) is 14.7. The van der Waals surface area contributed by atoms with Crippen molar-refractivity contribution >= 4 is 34.7 Å². The van der Waals surface area contributed by atoms with Crippen molar-refractivity contribution < 1.29 is 4.92 Å². The zero-order valence-corrected chi connectivity index (χ0v) is 12.2. The lowest BCUT2D eigenvalue weighted by Gasteiger charge is -2.07. The Morgan fingerprint density at radius 1 is 1.20 bits per heavy atom. The monoisotopic (exact) mass is 308 g/mol. The highest BCUT2D eigenvalue weighted by atomic mass is 35.5. The van der Waals surface area contributed by atoms with Gasteiger partial charge in [-0.25, -0.2) is 0 Å². The summed E-state index contributed by atoms with van der Waals surface area (Å²) in [6, 6.07) is 12.0. The molecule has 0 radical (unpaired) electrons. The molecule has 0 aliphatic heterocycles. The third kappa shape index (κ3) is 3.65. The van der Waals surface area contributed by atoms with Crippen molar-refractivity contribution in [3.63, 3.8) is 0 Å². The van der Waals surface area contributed by atoms with E-state index in [9.17, 15) is 10.1 Å². The SMILES string of the molecule is Nc1cccc(Cl)c1SCCc1ccc([N+](=O)[O-])cc1. The van der Waals surface area contributed by atoms with Crippen molar-refractivity contribution in [1.29, 1.82) is 0 Å². The molecule has 2 aromatic carbocycles. The molecule has 0 heterocycles. The summed E-state index contributed by atoms with van der Waals surface area (Å²) >= 11 is 7.68. The molecule has 0 amide bonds. The summed E-state index contributed by atoms with van der Waals surface area (Å²) in [5.74, 6) is 0.811. The topological polar surface area (TPSA) is 69.2 Å². The minimum absolute atomic E-state index is 0.108. The fourth-order valence-electron chi connectivity index (χ4n) is 1.73. The van der Waals surface area contributed by atoms with Gasteiger partial charge in [0.2, 0.25) is 0 Å². The molecule has 6 heteroatoms. The third-order valence-electron chi connectivity index (χ3n) is 2.78. The molecule has 0 aliphatic rings. The number of aryl methyl sites for hydroxylation is 1. The molecule has 0 fully saturated rings. The molecule has 0 saturated carbocycles. The van der Waals surface area contributed by atoms with Gasteiger partial charge in [-0.15, -0.1) is 11.8 Å². The molecule has 0 atom stereocenters. The van der Waals surface area contributed by atoms with Gasteiger partial charge in [0.25, 0.3) is 5.69 Å². The van der Waals surface area contributed by atoms with Crippen LogP contribution in [-0.4, -0.2) is 10.7 Å². The van der Waals surface area contributed by atoms with Crippen molar-refractivity contribution in [2.45, 2.75) is 11.3 Å². The number of rotatable bonds is 5. The Morgan fingerprint density at radius 3 is 2.50 bits per heavy atom. The zero-order chi connectivity index (χ0) is 14.5. The van der Waals surface area contributed by atoms with Crippen LogP contribution in [0.25, 0.3) is 0 Å². The lowest BCUT2D eigenvalue weighted by Crippen LogP contribution is -1.93. The number of nitrogens with two attached hydrogens (primary N) is 1. The van der Waals surface area contributed by atoms with E-state index in [1.807, 2.05) is 18.2 Å². The van der Waals surface area contributed by atoms with Crippen LogP contribution in [0, 0.1) is 10.1 Å². The number of non-ortho nitro benzene ring substituents is 1. The molecule has 104 valence electrons. The van der Waals surface area contributed by atoms with Gasteiger partial charge < -0.3 is 5.73 Å². The van der Waals surface area contributed by atoms with Gasteiger partial charge in [-0.1, -0.05) is 29.8 Å². The summed E-state index contributed by atoms with van der Waals surface area (Å²) < 4.78 is 0. The molecule has 0 saturated heterocycles. The average Bonchev–Trinajstić information content (AvgIpc) is 2.42. The van der Waals surface area contributed by atoms with Crippen LogP contribution in [0.2, 0.25) is 5.02 Å². The summed E-state index contributed by atoms with van der Waals surface area (Å²) in [5, 5.41) is 11.2. The second-order valence-corrected chi connectivity index (χ2v) is 5.69. The molecular weight excluding hydrogens is 296 g/mol. The largest absolute Gasteiger partial charge is 0.398 e. The van der Waals surface area contributed by atoms with E-state index in [4.69, 9.17) is 17.3 Å². The predicted octanol–water partition coefficient (Wildman–Crippen LogP) is 4.17. The molecule has 0 unspecified atom stereocenters. The van der Waals surface area contributed by atoms with Crippen LogP contribution in [0.15, 0.2) is 47.4 Å². The fourth-order valence-corrected chi connectivity index (χ4v) is 3.06. The van der Waals surface area contributed by atoms with Crippen LogP contribution in [0.3, 0.4) is 0 Å². The first-order chi connectivity index (χ1) is 9.58. The van der Waals surface area contributed by atoms with Crippen LogP contribution in [0.1, 0.15) is 5.56 Å². The molecule has 2 aromatic rings. The van der Waals surface area contributed by atoms with Gasteiger partial charge in [0.05, 0.1) is 9.95 Å². The third-order valence-corrected chi connectivity index (χ3v) is 4.36. The molecule has 2 rings (SSSR count). The van der Waals surface area contributed by atoms with Crippen LogP contribution in [0.5, 0.6) is 0 Å². The van der Waals surface area contributed by atoms with Crippen LogP contribution in [0.4, 0.5) is 11.4 Å². The van der Waals surface area contributed by atoms with Crippen LogP contribution >= 0.6 is 23.4 Å². The summed E-state index contributed by atoms with van der Waals surface area (Å²) in [6.07, 6.45) is 0.799. The Labute approximate surface area is 126 Å². The molecule has 20 heavy (non-hydrogen) atoms. The average molecular weight is 309 g/mol. The fraction of sp³-hybridized carbons (Fsp3) is 0.143. The number of nitro groups is 1. The predicted molar refractivity (Wildman–Crippen MR) is 83.4 cm³/mol. The standard InChI is InChI=1S/C14H13ClN2O2S/c15-12-2-1-3-13(16)14(12)20-9-8-10-4-6-11(7-5-10)17(18)19/h1-7H,8-9,16H2. The maximum absolute atomic E-state index is 10.6. The van der Waals surface area contributed by atoms with E-state index in [0.717, 1.165) is 22.6 Å². The summed E-state index contributed by atoms with van der Waals surface area (Å²) in [4.78, 5) is 11.0. The molecule has 0 aliphatic carbocycles. The Morgan fingerprint density at radius 2 is 1.90 bits per heavy atom. The van der Waals surface area contributed by atoms with Crippen LogP contribution < -0.4 is 5.73 Å². The van der Waals surface area contributed by atoms with Crippen molar-refractivity contribution in [3.8, 4) is 0 Å². The summed E-state index contributed by atoms with van der Waals surface area (Å²) in [6.45, 7) is 0. The Balaban J connectivity index is 1.94. The van der Waals surface area contributed by atoms with Gasteiger partial charge in [-0.2, -0.15) is 0 Å². The number of hydrogen-bond acceptors (Lipinski definition) is 4. The zero-order valence-electron chi connectivity index (χ0n) is 10.6. The smallest absolute Gasteiger partial charge is 0.269 e. The number of nitrogens with zero attached hydrogens (tertiary/aromatic N) is 1. The maximum Gasteiger partial charge on any atom is 0.269 e. The number of nitrogen functional groups attached to an aromatic ring is 1. The van der Waals surface area contributed by atoms with Crippen molar-refractivity contribution in [3.05, 3.63) is 63.2 Å². The second-order valence-electron chi connectivity index (χ2n) is 4.18. The number of nitro benzene ring substituents is 1. The summed E-state index contributed by atoms with van der Waals surface area (Å²) in [7, 11) is 0. The van der Waals surface area contributed by atoms with Crippen LogP contribution in [-0.2, 0) is 6.42 Å². The molecule has 2 N–H and O–H groups in total. The lowest BCUT2D eigenvalue weighted by molar-refractivity contribution is -0.384. The van der Waals surface area contributed by atoms with Gasteiger partial charge >= 0.3 is 0 Å². The number of halogens is 1. The lowest BCUT2D eigenvalue weighted by atomic mass is 10.1. The normalized spacial score (nSPS) is 10.4. The van der Waals surface area contributed by atoms with Crippen molar-refractivity contribution in [2.75, 3.05) is 11.5 Å². The number of thioether (sulfide) groups is 1. The van der Waals surface area contributed by atoms with E-state index in [-0.39, 0.29) is 5.69 Å². The van der Waals surface area contributed by atoms with E-state index in [2.05, 4.69) is 0 Å². The summed E-state index contributed by atoms with van der Waals surface area (Å²) in [5.41, 5.74) is 7.70. The molecular formula is C14H13ClN2O2S. The first-order valence-electron chi connectivity index (χ1n) is 5.98. The molecule has 0 bridgehead atoms. The van der Waals surface area contributed by atoms with Crippen molar-refractivity contribution in [2.24, 2.45) is 0 Å². The molecule has 4 nitrogen and oxygen atoms in total. The Hall–Kier alpha value is -1.72. The first-order valence-corrected chi connectivity index (χ1v) is 7.34. The van der Waals surface area contributed by atoms with E-state index < -0.39 is 4.92 Å². The second kappa shape index (κ2) is 6.63. The molecule has 0 aromatic heterocycles. The minimum atomic E-state index is -0.400. The minimum Gasteiger partial charge on any atom is -0.398 e. The van der Waals surface area contributed by atoms with Crippen molar-refractivity contribution in [1.82, 2.24) is 0 Å². The van der Waals surface area contributed by atoms with E-state index >= 15 is 0 Å². The highest BCUT2D eigenvalue weighted by molar-refractivity contribution is 7.99. The van der Waals surface area contributed by atoms with Gasteiger partial charge in [0, 0.05) is 28.5 Å². The van der Waals surface area contributed by atoms with E-state index in [0.29, 0.717) is 10.7 Å². The highest BCUT2D eigenvalue weighted by Gasteiger charge is 2.06. The molecule has 0 spiro atoms. The Bertz CT molecular complexity index is 597. The quantitative estimate of drug-likeness (QED) is 0.389. The van der Waals surface area contributed by atoms with E-state index in [1.165, 1.54) is 12.1 Å². The number of benzene rings is 2. The van der Waals surface area contributed by atoms with E-state index in [1.54, 1.807) is 23.9 Å². The van der Waals surface area contributed by atoms with Gasteiger partial charge in [0.1, 0.15) is 0 Å².